The molecule has 0 aliphatic heterocycles. The van der Waals surface area contributed by atoms with Crippen molar-refractivity contribution in [1.82, 2.24) is 9.78 Å². The topological polar surface area (TPSA) is 43.8 Å². The predicted octanol–water partition coefficient (Wildman–Crippen LogP) is 3.33. The van der Waals surface area contributed by atoms with Crippen LogP contribution in [0.4, 0.5) is 0 Å². The molecule has 0 saturated carbocycles. The average Bonchev–Trinajstić information content (AvgIpc) is 3.04. The monoisotopic (exact) mass is 277 g/mol. The summed E-state index contributed by atoms with van der Waals surface area (Å²) in [6, 6.07) is 4.47. The van der Waals surface area contributed by atoms with Gasteiger partial charge in [0.05, 0.1) is 5.69 Å². The first-order valence-corrected chi connectivity index (χ1v) is 7.94. The van der Waals surface area contributed by atoms with Crippen molar-refractivity contribution in [2.24, 2.45) is 5.73 Å². The van der Waals surface area contributed by atoms with Gasteiger partial charge in [0.15, 0.2) is 0 Å². The maximum absolute atomic E-state index is 6.39. The zero-order chi connectivity index (χ0) is 13.8. The normalized spacial score (nSPS) is 12.8. The van der Waals surface area contributed by atoms with Gasteiger partial charge < -0.3 is 5.73 Å². The third kappa shape index (κ3) is 3.07. The van der Waals surface area contributed by atoms with Crippen LogP contribution in [0.5, 0.6) is 0 Å². The minimum absolute atomic E-state index is 0.0849. The molecule has 0 aromatic carbocycles. The lowest BCUT2D eigenvalue weighted by atomic mass is 10.1. The Morgan fingerprint density at radius 2 is 2.11 bits per heavy atom. The minimum Gasteiger partial charge on any atom is -0.323 e. The molecule has 0 saturated heterocycles. The molecular formula is C15H23N3S. The third-order valence-corrected chi connectivity index (χ3v) is 4.59. The van der Waals surface area contributed by atoms with Gasteiger partial charge in [-0.15, -0.1) is 11.3 Å². The van der Waals surface area contributed by atoms with E-state index in [-0.39, 0.29) is 6.04 Å². The van der Waals surface area contributed by atoms with Gasteiger partial charge in [0.25, 0.3) is 0 Å². The van der Waals surface area contributed by atoms with Gasteiger partial charge in [-0.2, -0.15) is 5.10 Å². The van der Waals surface area contributed by atoms with Crippen LogP contribution in [0.3, 0.4) is 0 Å². The summed E-state index contributed by atoms with van der Waals surface area (Å²) >= 11 is 1.77. The molecule has 2 aromatic rings. The Morgan fingerprint density at radius 3 is 2.74 bits per heavy atom. The number of hydrogen-bond donors (Lipinski definition) is 1. The second-order valence-corrected chi connectivity index (χ2v) is 5.72. The Kier molecular flexibility index (Phi) is 4.77. The number of thiophene rings is 1. The van der Waals surface area contributed by atoms with Crippen LogP contribution in [0.2, 0.25) is 0 Å². The second kappa shape index (κ2) is 6.35. The zero-order valence-electron chi connectivity index (χ0n) is 12.0. The van der Waals surface area contributed by atoms with Crippen molar-refractivity contribution in [1.29, 1.82) is 0 Å². The molecule has 4 heteroatoms. The van der Waals surface area contributed by atoms with Crippen molar-refractivity contribution < 1.29 is 0 Å². The predicted molar refractivity (Wildman–Crippen MR) is 81.6 cm³/mol. The van der Waals surface area contributed by atoms with E-state index in [0.717, 1.165) is 31.5 Å². The van der Waals surface area contributed by atoms with Gasteiger partial charge in [-0.05, 0) is 42.8 Å². The summed E-state index contributed by atoms with van der Waals surface area (Å²) in [6.45, 7) is 7.36. The number of aryl methyl sites for hydroxylation is 3. The molecule has 2 aromatic heterocycles. The first-order valence-electron chi connectivity index (χ1n) is 7.06. The lowest BCUT2D eigenvalue weighted by Crippen LogP contribution is -2.16. The van der Waals surface area contributed by atoms with Gasteiger partial charge in [-0.3, -0.25) is 4.68 Å². The molecule has 3 nitrogen and oxygen atoms in total. The molecule has 2 N–H and O–H groups in total. The third-order valence-electron chi connectivity index (χ3n) is 3.50. The molecule has 0 aliphatic rings. The number of rotatable bonds is 6. The van der Waals surface area contributed by atoms with Crippen LogP contribution in [0, 0.1) is 0 Å². The Labute approximate surface area is 119 Å². The molecule has 0 fully saturated rings. The van der Waals surface area contributed by atoms with E-state index < -0.39 is 0 Å². The fraction of sp³-hybridized carbons (Fsp3) is 0.533. The number of hydrogen-bond acceptors (Lipinski definition) is 3. The quantitative estimate of drug-likeness (QED) is 0.880. The van der Waals surface area contributed by atoms with Crippen LogP contribution in [-0.4, -0.2) is 9.78 Å². The summed E-state index contributed by atoms with van der Waals surface area (Å²) < 4.78 is 2.08. The van der Waals surface area contributed by atoms with E-state index >= 15 is 0 Å². The summed E-state index contributed by atoms with van der Waals surface area (Å²) in [4.78, 5) is 1.32. The molecule has 2 rings (SSSR count). The second-order valence-electron chi connectivity index (χ2n) is 4.77. The van der Waals surface area contributed by atoms with Gasteiger partial charge in [-0.25, -0.2) is 0 Å². The summed E-state index contributed by atoms with van der Waals surface area (Å²) in [5.41, 5.74) is 10.2. The average molecular weight is 277 g/mol. The van der Waals surface area contributed by atoms with E-state index in [0.29, 0.717) is 0 Å². The van der Waals surface area contributed by atoms with Crippen LogP contribution >= 0.6 is 11.3 Å². The molecule has 0 aliphatic carbocycles. The highest BCUT2D eigenvalue weighted by atomic mass is 32.1. The van der Waals surface area contributed by atoms with E-state index in [1.54, 1.807) is 11.3 Å². The summed E-state index contributed by atoms with van der Waals surface area (Å²) in [6.07, 6.45) is 2.91. The molecule has 0 amide bonds. The van der Waals surface area contributed by atoms with E-state index in [1.165, 1.54) is 16.1 Å². The van der Waals surface area contributed by atoms with Crippen molar-refractivity contribution in [3.8, 4) is 0 Å². The minimum atomic E-state index is 0.0849. The van der Waals surface area contributed by atoms with Crippen LogP contribution in [-0.2, 0) is 25.8 Å². The SMILES string of the molecule is CCc1cc(CC(N)c2sccc2CC)n(CC)n1. The van der Waals surface area contributed by atoms with Gasteiger partial charge in [-0.1, -0.05) is 13.8 Å². The Balaban J connectivity index is 2.18. The van der Waals surface area contributed by atoms with Crippen LogP contribution in [0.25, 0.3) is 0 Å². The smallest absolute Gasteiger partial charge is 0.0624 e. The molecule has 0 bridgehead atoms. The Bertz CT molecular complexity index is 527. The highest BCUT2D eigenvalue weighted by Crippen LogP contribution is 2.26. The number of aromatic nitrogens is 2. The van der Waals surface area contributed by atoms with E-state index in [9.17, 15) is 0 Å². The van der Waals surface area contributed by atoms with Crippen LogP contribution in [0.15, 0.2) is 17.5 Å². The Hall–Kier alpha value is -1.13. The molecule has 1 atom stereocenters. The summed E-state index contributed by atoms with van der Waals surface area (Å²) in [7, 11) is 0. The first-order chi connectivity index (χ1) is 9.19. The molecule has 0 radical (unpaired) electrons. The molecule has 19 heavy (non-hydrogen) atoms. The van der Waals surface area contributed by atoms with Crippen molar-refractivity contribution in [3.63, 3.8) is 0 Å². The zero-order valence-corrected chi connectivity index (χ0v) is 12.8. The van der Waals surface area contributed by atoms with Crippen molar-refractivity contribution in [2.45, 2.75) is 52.6 Å². The van der Waals surface area contributed by atoms with Gasteiger partial charge in [0, 0.05) is 29.6 Å². The molecule has 2 heterocycles. The summed E-state index contributed by atoms with van der Waals surface area (Å²) in [5.74, 6) is 0. The van der Waals surface area contributed by atoms with E-state index in [1.807, 2.05) is 0 Å². The van der Waals surface area contributed by atoms with Gasteiger partial charge in [0.2, 0.25) is 0 Å². The highest BCUT2D eigenvalue weighted by molar-refractivity contribution is 7.10. The van der Waals surface area contributed by atoms with Crippen molar-refractivity contribution in [2.75, 3.05) is 0 Å². The lowest BCUT2D eigenvalue weighted by Gasteiger charge is -2.12. The van der Waals surface area contributed by atoms with E-state index in [4.69, 9.17) is 5.73 Å². The van der Waals surface area contributed by atoms with Gasteiger partial charge >= 0.3 is 0 Å². The number of nitrogens with zero attached hydrogens (tertiary/aromatic N) is 2. The summed E-state index contributed by atoms with van der Waals surface area (Å²) in [5, 5.41) is 6.73. The maximum Gasteiger partial charge on any atom is 0.0624 e. The standard InChI is InChI=1S/C15H23N3S/c1-4-11-7-8-19-15(11)14(16)10-13-9-12(5-2)17-18(13)6-3/h7-9,14H,4-6,10,16H2,1-3H3. The fourth-order valence-electron chi connectivity index (χ4n) is 2.41. The molecule has 104 valence electrons. The molecule has 1 unspecified atom stereocenters. The fourth-order valence-corrected chi connectivity index (χ4v) is 3.41. The maximum atomic E-state index is 6.39. The first kappa shape index (κ1) is 14.3. The highest BCUT2D eigenvalue weighted by Gasteiger charge is 2.15. The van der Waals surface area contributed by atoms with Crippen LogP contribution < -0.4 is 5.73 Å². The van der Waals surface area contributed by atoms with Crippen LogP contribution in [0.1, 0.15) is 48.6 Å². The molecule has 0 spiro atoms. The van der Waals surface area contributed by atoms with Crippen molar-refractivity contribution >= 4 is 11.3 Å². The van der Waals surface area contributed by atoms with Crippen molar-refractivity contribution in [3.05, 3.63) is 39.3 Å². The lowest BCUT2D eigenvalue weighted by molar-refractivity contribution is 0.587. The van der Waals surface area contributed by atoms with Gasteiger partial charge in [0.1, 0.15) is 0 Å². The molecular weight excluding hydrogens is 254 g/mol. The number of nitrogens with two attached hydrogens (primary N) is 1. The Morgan fingerprint density at radius 1 is 1.32 bits per heavy atom. The van der Waals surface area contributed by atoms with E-state index in [2.05, 4.69) is 48.1 Å². The largest absolute Gasteiger partial charge is 0.323 e.